The van der Waals surface area contributed by atoms with Crippen molar-refractivity contribution in [3.8, 4) is 0 Å². The number of carbonyl (C=O) groups is 4. The molecule has 0 aliphatic heterocycles. The minimum absolute atomic E-state index is 0.0217. The highest BCUT2D eigenvalue weighted by Gasteiger charge is 2.69. The fourth-order valence-electron chi connectivity index (χ4n) is 7.62. The highest BCUT2D eigenvalue weighted by molar-refractivity contribution is 5.89. The van der Waals surface area contributed by atoms with E-state index < -0.39 is 76.7 Å². The molecule has 4 rings (SSSR count). The van der Waals surface area contributed by atoms with Gasteiger partial charge in [-0.3, -0.25) is 14.4 Å². The molecule has 10 heteroatoms. The lowest BCUT2D eigenvalue weighted by molar-refractivity contribution is -0.195. The Bertz CT molecular complexity index is 1340. The van der Waals surface area contributed by atoms with Crippen LogP contribution < -0.4 is 0 Å². The highest BCUT2D eigenvalue weighted by atomic mass is 16.6. The van der Waals surface area contributed by atoms with Gasteiger partial charge in [0.2, 0.25) is 0 Å². The molecule has 1 aromatic rings. The van der Waals surface area contributed by atoms with Crippen LogP contribution in [-0.4, -0.2) is 70.2 Å². The van der Waals surface area contributed by atoms with Crippen molar-refractivity contribution in [2.45, 2.75) is 104 Å². The molecule has 2 saturated carbocycles. The third kappa shape index (κ3) is 5.62. The molecule has 2 N–H and O–H groups in total. The first-order valence-corrected chi connectivity index (χ1v) is 14.5. The summed E-state index contributed by atoms with van der Waals surface area (Å²) in [6.45, 7) is 14.8. The van der Waals surface area contributed by atoms with E-state index in [1.807, 2.05) is 0 Å². The Kier molecular flexibility index (Phi) is 8.70. The average molecular weight is 599 g/mol. The van der Waals surface area contributed by atoms with Crippen LogP contribution in [0, 0.1) is 16.7 Å². The van der Waals surface area contributed by atoms with Gasteiger partial charge < -0.3 is 29.2 Å². The number of fused-ring (bicyclic) bond motifs is 2. The van der Waals surface area contributed by atoms with Gasteiger partial charge in [0.1, 0.15) is 12.2 Å². The molecular formula is C33H42O10. The zero-order valence-electron chi connectivity index (χ0n) is 25.8. The lowest BCUT2D eigenvalue weighted by atomic mass is 9.56. The van der Waals surface area contributed by atoms with Gasteiger partial charge in [-0.2, -0.15) is 0 Å². The fraction of sp³-hybridized carbons (Fsp3) is 0.576. The predicted molar refractivity (Wildman–Crippen MR) is 154 cm³/mol. The standard InChI is InChI=1S/C33H42O10/c1-17-23-15-33(31(6,7)39)16-25(40-19(3)34)18(2)27(33)28(43-30(38)22-12-10-9-11-13-22)29(42-21(5)36)32(23,8)26(14-24(17)37)41-20(4)35/h9-13,23-26,28-29,37,39H,1,14-16H2,2-8H3/t23-,24+,25+,26+,28-,29+,32+,33+/m1/s1. The molecule has 3 aliphatic rings. The molecule has 0 saturated heterocycles. The van der Waals surface area contributed by atoms with Gasteiger partial charge in [-0.05, 0) is 62.0 Å². The number of hydrogen-bond acceptors (Lipinski definition) is 10. The smallest absolute Gasteiger partial charge is 0.338 e. The molecule has 0 unspecified atom stereocenters. The number of rotatable bonds is 6. The van der Waals surface area contributed by atoms with Crippen molar-refractivity contribution in [2.24, 2.45) is 16.7 Å². The van der Waals surface area contributed by atoms with Gasteiger partial charge in [0, 0.05) is 39.0 Å². The Balaban J connectivity index is 2.07. The number of hydrogen-bond donors (Lipinski definition) is 2. The number of ether oxygens (including phenoxy) is 4. The van der Waals surface area contributed by atoms with Crippen molar-refractivity contribution in [3.63, 3.8) is 0 Å². The first-order valence-electron chi connectivity index (χ1n) is 14.5. The Hall–Kier alpha value is -3.50. The van der Waals surface area contributed by atoms with Crippen molar-refractivity contribution in [1.82, 2.24) is 0 Å². The maximum Gasteiger partial charge on any atom is 0.338 e. The van der Waals surface area contributed by atoms with Gasteiger partial charge in [0.05, 0.1) is 22.7 Å². The minimum Gasteiger partial charge on any atom is -0.462 e. The van der Waals surface area contributed by atoms with Crippen LogP contribution in [0.1, 0.15) is 78.1 Å². The van der Waals surface area contributed by atoms with Gasteiger partial charge in [-0.1, -0.05) is 31.7 Å². The van der Waals surface area contributed by atoms with Gasteiger partial charge in [0.25, 0.3) is 0 Å². The number of carbonyl (C=O) groups excluding carboxylic acids is 4. The van der Waals surface area contributed by atoms with E-state index in [0.29, 0.717) is 16.7 Å². The molecule has 0 spiro atoms. The number of esters is 4. The van der Waals surface area contributed by atoms with Crippen LogP contribution in [0.4, 0.5) is 0 Å². The summed E-state index contributed by atoms with van der Waals surface area (Å²) in [5.74, 6) is -3.21. The zero-order valence-corrected chi connectivity index (χ0v) is 25.8. The average Bonchev–Trinajstić information content (AvgIpc) is 3.13. The Morgan fingerprint density at radius 2 is 1.51 bits per heavy atom. The van der Waals surface area contributed by atoms with Crippen molar-refractivity contribution in [1.29, 1.82) is 0 Å². The third-order valence-electron chi connectivity index (χ3n) is 9.76. The van der Waals surface area contributed by atoms with Crippen molar-refractivity contribution >= 4 is 23.9 Å². The van der Waals surface area contributed by atoms with E-state index in [1.165, 1.54) is 20.8 Å². The van der Waals surface area contributed by atoms with Crippen molar-refractivity contribution < 1.29 is 48.3 Å². The molecule has 2 fully saturated rings. The second-order valence-electron chi connectivity index (χ2n) is 12.8. The van der Waals surface area contributed by atoms with Crippen LogP contribution in [0.15, 0.2) is 53.6 Å². The predicted octanol–water partition coefficient (Wildman–Crippen LogP) is 3.83. The molecule has 0 amide bonds. The number of aliphatic hydroxyl groups excluding tert-OH is 1. The van der Waals surface area contributed by atoms with Crippen LogP contribution in [0.5, 0.6) is 0 Å². The Labute approximate surface area is 252 Å². The summed E-state index contributed by atoms with van der Waals surface area (Å²) in [6.07, 6.45) is -5.10. The van der Waals surface area contributed by atoms with E-state index in [4.69, 9.17) is 18.9 Å². The molecule has 43 heavy (non-hydrogen) atoms. The van der Waals surface area contributed by atoms with Gasteiger partial charge in [-0.15, -0.1) is 0 Å². The third-order valence-corrected chi connectivity index (χ3v) is 9.76. The zero-order chi connectivity index (χ0) is 32.1. The quantitative estimate of drug-likeness (QED) is 0.281. The van der Waals surface area contributed by atoms with Crippen molar-refractivity contribution in [2.75, 3.05) is 0 Å². The lowest BCUT2D eigenvalue weighted by Gasteiger charge is -2.53. The van der Waals surface area contributed by atoms with Gasteiger partial charge in [0.15, 0.2) is 12.2 Å². The second-order valence-corrected chi connectivity index (χ2v) is 12.8. The molecule has 234 valence electrons. The minimum atomic E-state index is -1.50. The van der Waals surface area contributed by atoms with Crippen LogP contribution in [0.25, 0.3) is 0 Å². The first-order chi connectivity index (χ1) is 19.9. The van der Waals surface area contributed by atoms with Crippen molar-refractivity contribution in [3.05, 3.63) is 59.2 Å². The molecular weight excluding hydrogens is 556 g/mol. The highest BCUT2D eigenvalue weighted by Crippen LogP contribution is 2.65. The molecule has 10 nitrogen and oxygen atoms in total. The van der Waals surface area contributed by atoms with Crippen LogP contribution >= 0.6 is 0 Å². The topological polar surface area (TPSA) is 146 Å². The fourth-order valence-corrected chi connectivity index (χ4v) is 7.62. The van der Waals surface area contributed by atoms with Crippen LogP contribution in [0.2, 0.25) is 0 Å². The Morgan fingerprint density at radius 3 is 2.05 bits per heavy atom. The Morgan fingerprint density at radius 1 is 0.930 bits per heavy atom. The summed E-state index contributed by atoms with van der Waals surface area (Å²) in [4.78, 5) is 51.1. The summed E-state index contributed by atoms with van der Waals surface area (Å²) < 4.78 is 23.9. The summed E-state index contributed by atoms with van der Waals surface area (Å²) in [7, 11) is 0. The largest absolute Gasteiger partial charge is 0.462 e. The van der Waals surface area contributed by atoms with Crippen LogP contribution in [-0.2, 0) is 33.3 Å². The number of aliphatic hydroxyl groups is 2. The monoisotopic (exact) mass is 598 g/mol. The summed E-state index contributed by atoms with van der Waals surface area (Å²) >= 11 is 0. The van der Waals surface area contributed by atoms with E-state index in [1.54, 1.807) is 58.0 Å². The molecule has 0 heterocycles. The SMILES string of the molecule is C=C1[C@H]2C[C@]3(C(C)(C)O)C[C@H](OC(C)=O)C(C)=C3[C@@H](OC(=O)c3ccccc3)[C@H](OC(C)=O)[C@]2(C)[C@@H](OC(C)=O)C[C@@H]1O. The maximum atomic E-state index is 13.7. The molecule has 3 aliphatic carbocycles. The molecule has 0 radical (unpaired) electrons. The van der Waals surface area contributed by atoms with E-state index in [0.717, 1.165) is 0 Å². The van der Waals surface area contributed by atoms with Crippen LogP contribution in [0.3, 0.4) is 0 Å². The first kappa shape index (κ1) is 32.4. The van der Waals surface area contributed by atoms with Gasteiger partial charge >= 0.3 is 23.9 Å². The van der Waals surface area contributed by atoms with E-state index in [-0.39, 0.29) is 24.8 Å². The number of benzene rings is 1. The summed E-state index contributed by atoms with van der Waals surface area (Å²) in [6, 6.07) is 8.31. The summed E-state index contributed by atoms with van der Waals surface area (Å²) in [5.41, 5.74) is -2.30. The van der Waals surface area contributed by atoms with E-state index in [9.17, 15) is 29.4 Å². The van der Waals surface area contributed by atoms with E-state index in [2.05, 4.69) is 6.58 Å². The molecule has 0 bridgehead atoms. The van der Waals surface area contributed by atoms with E-state index >= 15 is 0 Å². The van der Waals surface area contributed by atoms with Gasteiger partial charge in [-0.25, -0.2) is 4.79 Å². The second kappa shape index (κ2) is 11.5. The summed E-state index contributed by atoms with van der Waals surface area (Å²) in [5, 5.41) is 23.1. The molecule has 0 aromatic heterocycles. The molecule has 8 atom stereocenters. The molecule has 1 aromatic carbocycles. The normalized spacial score (nSPS) is 33.9. The maximum absolute atomic E-state index is 13.7. The lowest BCUT2D eigenvalue weighted by Crippen LogP contribution is -2.60.